The number of para-hydroxylation sites is 1. The Labute approximate surface area is 253 Å². The van der Waals surface area contributed by atoms with E-state index in [-0.39, 0.29) is 50.5 Å². The SMILES string of the molecule is CCCN(C(=O)NC)N1CC(=O)N2[C@@H](Cc3ccc(OCC(=O)OC)cc3)C(=O)N(Cc3cccc4sc(N)nc34)C[C@@H]21. The zero-order chi connectivity index (χ0) is 30.7. The summed E-state index contributed by atoms with van der Waals surface area (Å²) in [5.41, 5.74) is 8.39. The molecule has 1 aromatic heterocycles. The third-order valence-electron chi connectivity index (χ3n) is 7.58. The van der Waals surface area contributed by atoms with Crippen LogP contribution in [0.15, 0.2) is 42.5 Å². The number of nitrogens with zero attached hydrogens (tertiary/aromatic N) is 5. The molecule has 14 heteroatoms. The van der Waals surface area contributed by atoms with E-state index in [1.807, 2.05) is 25.1 Å². The standard InChI is InChI=1S/C29H35N7O6S/c1-4-12-34(29(40)31-2)35-16-24(37)36-21(13-18-8-10-20(11-9-18)42-17-25(38)41-3)27(39)33(15-23(35)36)14-19-6-5-7-22-26(19)32-28(30)43-22/h5-11,21,23H,4,12-17H2,1-3H3,(H2,30,32)(H,31,40)/t21-,23+/m0/s1. The minimum Gasteiger partial charge on any atom is -0.482 e. The van der Waals surface area contributed by atoms with Crippen LogP contribution in [-0.4, -0.2) is 101 Å². The second kappa shape index (κ2) is 12.8. The predicted molar refractivity (Wildman–Crippen MR) is 160 cm³/mol. The van der Waals surface area contributed by atoms with Gasteiger partial charge in [-0.25, -0.2) is 14.6 Å². The highest BCUT2D eigenvalue weighted by Crippen LogP contribution is 2.32. The number of carbonyl (C=O) groups is 4. The molecule has 4 amide bonds. The molecule has 2 atom stereocenters. The second-order valence-corrected chi connectivity index (χ2v) is 11.4. The van der Waals surface area contributed by atoms with Crippen LogP contribution < -0.4 is 15.8 Å². The van der Waals surface area contributed by atoms with Gasteiger partial charge in [-0.1, -0.05) is 42.5 Å². The van der Waals surface area contributed by atoms with Gasteiger partial charge in [0, 0.05) is 26.6 Å². The molecule has 0 spiro atoms. The maximum Gasteiger partial charge on any atom is 0.343 e. The van der Waals surface area contributed by atoms with Crippen molar-refractivity contribution in [3.8, 4) is 5.75 Å². The van der Waals surface area contributed by atoms with E-state index in [1.165, 1.54) is 18.4 Å². The molecule has 0 unspecified atom stereocenters. The van der Waals surface area contributed by atoms with Crippen LogP contribution in [0.5, 0.6) is 5.75 Å². The molecule has 13 nitrogen and oxygen atoms in total. The third-order valence-corrected chi connectivity index (χ3v) is 8.43. The number of piperazine rings is 1. The normalized spacial score (nSPS) is 18.6. The minimum absolute atomic E-state index is 0.0196. The largest absolute Gasteiger partial charge is 0.482 e. The molecule has 2 saturated heterocycles. The van der Waals surface area contributed by atoms with Crippen LogP contribution in [0.25, 0.3) is 10.2 Å². The lowest BCUT2D eigenvalue weighted by atomic mass is 9.99. The number of nitrogens with one attached hydrogen (secondary N) is 1. The molecule has 3 N–H and O–H groups in total. The number of amides is 4. The molecule has 0 saturated carbocycles. The highest BCUT2D eigenvalue weighted by atomic mass is 32.1. The molecule has 0 radical (unpaired) electrons. The Hall–Kier alpha value is -4.43. The number of benzene rings is 2. The van der Waals surface area contributed by atoms with Gasteiger partial charge in [-0.15, -0.1) is 0 Å². The molecular formula is C29H35N7O6S. The number of thiazole rings is 1. The summed E-state index contributed by atoms with van der Waals surface area (Å²) in [6, 6.07) is 11.7. The van der Waals surface area contributed by atoms with Crippen LogP contribution in [0.4, 0.5) is 9.93 Å². The Morgan fingerprint density at radius 3 is 2.65 bits per heavy atom. The van der Waals surface area contributed by atoms with Crippen molar-refractivity contribution in [2.45, 2.75) is 38.5 Å². The average Bonchev–Trinajstić information content (AvgIpc) is 3.55. The molecule has 3 aromatic rings. The Balaban J connectivity index is 1.46. The molecular weight excluding hydrogens is 574 g/mol. The van der Waals surface area contributed by atoms with Gasteiger partial charge in [-0.2, -0.15) is 5.01 Å². The number of hydrogen-bond donors (Lipinski definition) is 2. The van der Waals surface area contributed by atoms with Crippen molar-refractivity contribution >= 4 is 50.5 Å². The molecule has 2 aliphatic rings. The third kappa shape index (κ3) is 6.20. The number of ether oxygens (including phenoxy) is 2. The van der Waals surface area contributed by atoms with Crippen LogP contribution >= 0.6 is 11.3 Å². The lowest BCUT2D eigenvalue weighted by Gasteiger charge is -2.46. The topological polar surface area (TPSA) is 151 Å². The number of esters is 1. The van der Waals surface area contributed by atoms with Gasteiger partial charge in [0.05, 0.1) is 30.4 Å². The summed E-state index contributed by atoms with van der Waals surface area (Å²) in [6.07, 6.45) is 0.403. The van der Waals surface area contributed by atoms with Crippen molar-refractivity contribution < 1.29 is 28.7 Å². The fourth-order valence-corrected chi connectivity index (χ4v) is 6.36. The molecule has 0 bridgehead atoms. The monoisotopic (exact) mass is 609 g/mol. The molecule has 43 heavy (non-hydrogen) atoms. The molecule has 2 aliphatic heterocycles. The Morgan fingerprint density at radius 1 is 1.19 bits per heavy atom. The van der Waals surface area contributed by atoms with Crippen molar-refractivity contribution in [1.82, 2.24) is 30.1 Å². The first-order chi connectivity index (χ1) is 20.7. The average molecular weight is 610 g/mol. The van der Waals surface area contributed by atoms with Gasteiger partial charge >= 0.3 is 12.0 Å². The summed E-state index contributed by atoms with van der Waals surface area (Å²) in [5.74, 6) is -0.437. The van der Waals surface area contributed by atoms with Crippen molar-refractivity contribution in [2.75, 3.05) is 46.1 Å². The fourth-order valence-electron chi connectivity index (χ4n) is 5.58. The highest BCUT2D eigenvalue weighted by Gasteiger charge is 2.52. The van der Waals surface area contributed by atoms with Crippen molar-refractivity contribution in [3.63, 3.8) is 0 Å². The van der Waals surface area contributed by atoms with E-state index in [1.54, 1.807) is 51.1 Å². The van der Waals surface area contributed by atoms with Gasteiger partial charge in [-0.3, -0.25) is 14.6 Å². The molecule has 228 valence electrons. The number of rotatable bonds is 10. The van der Waals surface area contributed by atoms with Crippen molar-refractivity contribution in [2.24, 2.45) is 0 Å². The summed E-state index contributed by atoms with van der Waals surface area (Å²) in [6.45, 7) is 2.63. The van der Waals surface area contributed by atoms with Gasteiger partial charge < -0.3 is 30.3 Å². The van der Waals surface area contributed by atoms with Crippen LogP contribution in [0.2, 0.25) is 0 Å². The summed E-state index contributed by atoms with van der Waals surface area (Å²) < 4.78 is 11.0. The molecule has 5 rings (SSSR count). The first kappa shape index (κ1) is 30.0. The van der Waals surface area contributed by atoms with Crippen LogP contribution in [0, 0.1) is 0 Å². The zero-order valence-corrected chi connectivity index (χ0v) is 25.1. The Kier molecular flexibility index (Phi) is 8.97. The van der Waals surface area contributed by atoms with E-state index in [2.05, 4.69) is 15.0 Å². The predicted octanol–water partition coefficient (Wildman–Crippen LogP) is 1.82. The van der Waals surface area contributed by atoms with Crippen molar-refractivity contribution in [3.05, 3.63) is 53.6 Å². The van der Waals surface area contributed by atoms with E-state index >= 15 is 0 Å². The van der Waals surface area contributed by atoms with Gasteiger partial charge in [0.2, 0.25) is 11.8 Å². The smallest absolute Gasteiger partial charge is 0.343 e. The highest BCUT2D eigenvalue weighted by molar-refractivity contribution is 7.22. The summed E-state index contributed by atoms with van der Waals surface area (Å²) >= 11 is 1.39. The summed E-state index contributed by atoms with van der Waals surface area (Å²) in [7, 11) is 2.84. The first-order valence-electron chi connectivity index (χ1n) is 14.0. The number of methoxy groups -OCH3 is 1. The lowest BCUT2D eigenvalue weighted by molar-refractivity contribution is -0.157. The van der Waals surface area contributed by atoms with Gasteiger partial charge in [0.25, 0.3) is 0 Å². The fraction of sp³-hybridized carbons (Fsp3) is 0.414. The number of aromatic nitrogens is 1. The number of anilines is 1. The van der Waals surface area contributed by atoms with E-state index in [4.69, 9.17) is 10.5 Å². The maximum atomic E-state index is 14.1. The second-order valence-electron chi connectivity index (χ2n) is 10.3. The zero-order valence-electron chi connectivity index (χ0n) is 24.3. The Morgan fingerprint density at radius 2 is 1.95 bits per heavy atom. The summed E-state index contributed by atoms with van der Waals surface area (Å²) in [5, 5.41) is 6.44. The molecule has 2 aromatic carbocycles. The number of nitrogens with two attached hydrogens (primary N) is 1. The molecule has 3 heterocycles. The number of nitrogen functional groups attached to an aromatic ring is 1. The number of hydrogen-bond acceptors (Lipinski definition) is 10. The summed E-state index contributed by atoms with van der Waals surface area (Å²) in [4.78, 5) is 59.8. The van der Waals surface area contributed by atoms with Gasteiger partial charge in [0.15, 0.2) is 11.7 Å². The number of urea groups is 1. The van der Waals surface area contributed by atoms with Crippen LogP contribution in [0.1, 0.15) is 24.5 Å². The van der Waals surface area contributed by atoms with Crippen LogP contribution in [0.3, 0.4) is 0 Å². The Bertz CT molecular complexity index is 1510. The lowest BCUT2D eigenvalue weighted by Crippen LogP contribution is -2.66. The number of fused-ring (bicyclic) bond motifs is 2. The number of carbonyl (C=O) groups excluding carboxylic acids is 4. The van der Waals surface area contributed by atoms with E-state index < -0.39 is 18.2 Å². The molecule has 0 aliphatic carbocycles. The van der Waals surface area contributed by atoms with Crippen molar-refractivity contribution in [1.29, 1.82) is 0 Å². The van der Waals surface area contributed by atoms with E-state index in [0.717, 1.165) is 21.3 Å². The number of hydrazine groups is 1. The minimum atomic E-state index is -0.800. The van der Waals surface area contributed by atoms with Gasteiger partial charge in [-0.05, 0) is 35.7 Å². The van der Waals surface area contributed by atoms with E-state index in [0.29, 0.717) is 23.8 Å². The van der Waals surface area contributed by atoms with Crippen LogP contribution in [-0.2, 0) is 32.1 Å². The van der Waals surface area contributed by atoms with E-state index in [9.17, 15) is 19.2 Å². The quantitative estimate of drug-likeness (QED) is 0.328. The maximum absolute atomic E-state index is 14.1. The molecule has 2 fully saturated rings. The van der Waals surface area contributed by atoms with Gasteiger partial charge in [0.1, 0.15) is 18.0 Å². The first-order valence-corrected chi connectivity index (χ1v) is 14.8.